The lowest BCUT2D eigenvalue weighted by atomic mass is 10.2. The smallest absolute Gasteiger partial charge is 0.155 e. The summed E-state index contributed by atoms with van der Waals surface area (Å²) in [5.74, 6) is 8.38. The lowest BCUT2D eigenvalue weighted by molar-refractivity contribution is 0.388. The largest absolute Gasteiger partial charge is 0.362 e. The Morgan fingerprint density at radius 2 is 2.11 bits per heavy atom. The van der Waals surface area contributed by atoms with Crippen molar-refractivity contribution in [3.05, 3.63) is 29.4 Å². The predicted octanol–water partition coefficient (Wildman–Crippen LogP) is 1.62. The molecule has 2 aromatic rings. The Morgan fingerprint density at radius 1 is 1.32 bits per heavy atom. The topological polar surface area (TPSA) is 102 Å². The third kappa shape index (κ3) is 3.19. The Morgan fingerprint density at radius 3 is 2.74 bits per heavy atom. The normalized spacial score (nSPS) is 10.5. The van der Waals surface area contributed by atoms with Gasteiger partial charge < -0.3 is 15.3 Å². The zero-order valence-corrected chi connectivity index (χ0v) is 11.1. The fourth-order valence-electron chi connectivity index (χ4n) is 1.72. The molecule has 7 heteroatoms. The first-order chi connectivity index (χ1) is 9.24. The Kier molecular flexibility index (Phi) is 4.30. The molecule has 0 saturated carbocycles. The van der Waals surface area contributed by atoms with E-state index in [1.165, 1.54) is 0 Å². The Bertz CT molecular complexity index is 525. The minimum atomic E-state index is 0.521. The van der Waals surface area contributed by atoms with Crippen molar-refractivity contribution < 1.29 is 4.52 Å². The molecule has 0 aliphatic rings. The van der Waals surface area contributed by atoms with Gasteiger partial charge >= 0.3 is 0 Å². The van der Waals surface area contributed by atoms with Gasteiger partial charge in [0.25, 0.3) is 0 Å². The van der Waals surface area contributed by atoms with E-state index in [4.69, 9.17) is 10.4 Å². The summed E-state index contributed by atoms with van der Waals surface area (Å²) in [5, 5.41) is 6.87. The summed E-state index contributed by atoms with van der Waals surface area (Å²) >= 11 is 0. The molecule has 0 aromatic carbocycles. The first kappa shape index (κ1) is 13.3. The average molecular weight is 262 g/mol. The first-order valence-electron chi connectivity index (χ1n) is 6.22. The van der Waals surface area contributed by atoms with Crippen molar-refractivity contribution in [3.8, 4) is 0 Å². The third-order valence-electron chi connectivity index (χ3n) is 2.72. The molecule has 0 amide bonds. The molecule has 2 rings (SSSR count). The van der Waals surface area contributed by atoms with Crippen molar-refractivity contribution in [2.45, 2.75) is 33.2 Å². The minimum Gasteiger partial charge on any atom is -0.362 e. The lowest BCUT2D eigenvalue weighted by Gasteiger charge is -2.12. The van der Waals surface area contributed by atoms with Crippen LogP contribution in [0.1, 0.15) is 30.5 Å². The zero-order chi connectivity index (χ0) is 13.7. The molecule has 2 aromatic heterocycles. The molecule has 0 atom stereocenters. The van der Waals surface area contributed by atoms with Gasteiger partial charge in [-0.3, -0.25) is 0 Å². The first-order valence-corrected chi connectivity index (χ1v) is 6.22. The fraction of sp³-hybridized carbons (Fsp3) is 0.417. The van der Waals surface area contributed by atoms with Gasteiger partial charge in [0, 0.05) is 18.1 Å². The summed E-state index contributed by atoms with van der Waals surface area (Å²) in [4.78, 5) is 8.85. The molecule has 102 valence electrons. The van der Waals surface area contributed by atoms with Gasteiger partial charge in [0.05, 0.1) is 12.7 Å². The molecule has 0 aliphatic carbocycles. The molecule has 0 radical (unpaired) electrons. The lowest BCUT2D eigenvalue weighted by Crippen LogP contribution is -2.15. The van der Waals surface area contributed by atoms with Gasteiger partial charge in [0.2, 0.25) is 0 Å². The fourth-order valence-corrected chi connectivity index (χ4v) is 1.72. The monoisotopic (exact) mass is 262 g/mol. The molecule has 0 fully saturated rings. The second-order valence-corrected chi connectivity index (χ2v) is 4.19. The Labute approximate surface area is 111 Å². The molecule has 19 heavy (non-hydrogen) atoms. The number of nitrogens with one attached hydrogen (secondary N) is 2. The van der Waals surface area contributed by atoms with Crippen LogP contribution in [-0.2, 0) is 13.0 Å². The highest BCUT2D eigenvalue weighted by molar-refractivity contribution is 5.56. The van der Waals surface area contributed by atoms with Gasteiger partial charge in [0.15, 0.2) is 5.76 Å². The maximum absolute atomic E-state index is 5.48. The Hall–Kier alpha value is -2.15. The number of anilines is 2. The van der Waals surface area contributed by atoms with Crippen LogP contribution in [0.5, 0.6) is 0 Å². The van der Waals surface area contributed by atoms with E-state index in [1.54, 1.807) is 12.3 Å². The van der Waals surface area contributed by atoms with Crippen LogP contribution in [-0.4, -0.2) is 15.1 Å². The number of hydrogen-bond acceptors (Lipinski definition) is 7. The number of nitrogen functional groups attached to an aromatic ring is 1. The second kappa shape index (κ2) is 6.14. The summed E-state index contributed by atoms with van der Waals surface area (Å²) < 4.78 is 5.03. The van der Waals surface area contributed by atoms with Crippen molar-refractivity contribution >= 4 is 11.6 Å². The van der Waals surface area contributed by atoms with E-state index in [0.717, 1.165) is 35.8 Å². The summed E-state index contributed by atoms with van der Waals surface area (Å²) in [5.41, 5.74) is 3.48. The zero-order valence-electron chi connectivity index (χ0n) is 11.1. The molecule has 0 unspecified atom stereocenters. The molecular weight excluding hydrogens is 244 g/mol. The average Bonchev–Trinajstić information content (AvgIpc) is 2.92. The Balaban J connectivity index is 2.19. The number of nitrogens with two attached hydrogens (primary N) is 1. The number of nitrogens with zero attached hydrogens (tertiary/aromatic N) is 3. The summed E-state index contributed by atoms with van der Waals surface area (Å²) in [6.07, 6.45) is 3.40. The van der Waals surface area contributed by atoms with Crippen LogP contribution in [0.15, 0.2) is 16.8 Å². The summed E-state index contributed by atoms with van der Waals surface area (Å²) in [6.45, 7) is 4.52. The number of hydrogen-bond donors (Lipinski definition) is 3. The van der Waals surface area contributed by atoms with E-state index < -0.39 is 0 Å². The number of aromatic nitrogens is 3. The molecule has 0 spiro atoms. The highest BCUT2D eigenvalue weighted by Gasteiger charge is 2.10. The van der Waals surface area contributed by atoms with Crippen LogP contribution in [0.25, 0.3) is 0 Å². The van der Waals surface area contributed by atoms with Crippen LogP contribution < -0.4 is 16.6 Å². The van der Waals surface area contributed by atoms with E-state index in [9.17, 15) is 0 Å². The highest BCUT2D eigenvalue weighted by Crippen LogP contribution is 2.20. The summed E-state index contributed by atoms with van der Waals surface area (Å²) in [6, 6.07) is 1.80. The number of aryl methyl sites for hydroxylation is 1. The van der Waals surface area contributed by atoms with Crippen molar-refractivity contribution in [3.63, 3.8) is 0 Å². The second-order valence-electron chi connectivity index (χ2n) is 4.19. The van der Waals surface area contributed by atoms with Gasteiger partial charge in [-0.25, -0.2) is 15.8 Å². The molecule has 0 bridgehead atoms. The van der Waals surface area contributed by atoms with E-state index in [2.05, 4.69) is 32.8 Å². The maximum atomic E-state index is 5.48. The highest BCUT2D eigenvalue weighted by atomic mass is 16.5. The van der Waals surface area contributed by atoms with Crippen LogP contribution >= 0.6 is 0 Å². The van der Waals surface area contributed by atoms with Gasteiger partial charge in [-0.05, 0) is 13.3 Å². The van der Waals surface area contributed by atoms with Crippen LogP contribution in [0, 0.1) is 6.92 Å². The van der Waals surface area contributed by atoms with E-state index in [0.29, 0.717) is 12.4 Å². The van der Waals surface area contributed by atoms with Crippen molar-refractivity contribution in [2.24, 2.45) is 5.84 Å². The van der Waals surface area contributed by atoms with Gasteiger partial charge in [0.1, 0.15) is 17.5 Å². The van der Waals surface area contributed by atoms with E-state index in [-0.39, 0.29) is 0 Å². The summed E-state index contributed by atoms with van der Waals surface area (Å²) in [7, 11) is 0. The standard InChI is InChI=1S/C12H18N6O/c1-3-4-10-16-11(8(2)12(17-10)18-13)14-7-9-5-6-15-19-9/h5-6H,3-4,7,13H2,1-2H3,(H2,14,16,17,18). The van der Waals surface area contributed by atoms with Crippen molar-refractivity contribution in [2.75, 3.05) is 10.7 Å². The van der Waals surface area contributed by atoms with Gasteiger partial charge in [-0.15, -0.1) is 0 Å². The molecule has 4 N–H and O–H groups in total. The molecule has 0 saturated heterocycles. The van der Waals surface area contributed by atoms with Crippen molar-refractivity contribution in [1.29, 1.82) is 0 Å². The van der Waals surface area contributed by atoms with Gasteiger partial charge in [-0.1, -0.05) is 12.1 Å². The SMILES string of the molecule is CCCc1nc(NN)c(C)c(NCc2ccno2)n1. The number of rotatable bonds is 6. The van der Waals surface area contributed by atoms with E-state index >= 15 is 0 Å². The quantitative estimate of drug-likeness (QED) is 0.537. The maximum Gasteiger partial charge on any atom is 0.155 e. The van der Waals surface area contributed by atoms with Crippen LogP contribution in [0.3, 0.4) is 0 Å². The van der Waals surface area contributed by atoms with E-state index in [1.807, 2.05) is 6.92 Å². The molecule has 0 aliphatic heterocycles. The van der Waals surface area contributed by atoms with Gasteiger partial charge in [-0.2, -0.15) is 0 Å². The molecule has 2 heterocycles. The predicted molar refractivity (Wildman–Crippen MR) is 72.4 cm³/mol. The molecule has 7 nitrogen and oxygen atoms in total. The minimum absolute atomic E-state index is 0.521. The third-order valence-corrected chi connectivity index (χ3v) is 2.72. The molecular formula is C12H18N6O. The van der Waals surface area contributed by atoms with Crippen LogP contribution in [0.4, 0.5) is 11.6 Å². The van der Waals surface area contributed by atoms with Crippen molar-refractivity contribution in [1.82, 2.24) is 15.1 Å². The van der Waals surface area contributed by atoms with Crippen LogP contribution in [0.2, 0.25) is 0 Å². The number of hydrazine groups is 1.